The zero-order valence-electron chi connectivity index (χ0n) is 14.3. The average Bonchev–Trinajstić information content (AvgIpc) is 3.40. The number of nitrogens with zero attached hydrogens (tertiary/aromatic N) is 7. The van der Waals surface area contributed by atoms with E-state index in [0.29, 0.717) is 17.1 Å². The Bertz CT molecular complexity index is 1150. The van der Waals surface area contributed by atoms with Crippen LogP contribution in [-0.4, -0.2) is 39.6 Å². The first kappa shape index (κ1) is 16.2. The number of amides is 1. The lowest BCUT2D eigenvalue weighted by atomic mass is 10.0. The summed E-state index contributed by atoms with van der Waals surface area (Å²) < 4.78 is 10.2. The van der Waals surface area contributed by atoms with E-state index in [1.54, 1.807) is 10.9 Å². The highest BCUT2D eigenvalue weighted by Gasteiger charge is 2.29. The standard InChI is InChI=1S/C17H16N8OS/c18-16(26)10-2-1-9(5-10)6-15-19-8-14-17(20-15)25(24-21-14)11-3-4-12-13(7-11)23-27-22-12/h3-4,7-10H,1-2,5-6H2,(H2,18,26)/t9-,10+/m1/s1. The average molecular weight is 380 g/mol. The van der Waals surface area contributed by atoms with E-state index in [4.69, 9.17) is 5.73 Å². The molecule has 1 saturated carbocycles. The fourth-order valence-electron chi connectivity index (χ4n) is 3.71. The second-order valence-electron chi connectivity index (χ2n) is 6.92. The quantitative estimate of drug-likeness (QED) is 0.570. The van der Waals surface area contributed by atoms with Gasteiger partial charge in [-0.3, -0.25) is 4.79 Å². The first-order chi connectivity index (χ1) is 13.2. The van der Waals surface area contributed by atoms with Gasteiger partial charge in [-0.05, 0) is 43.4 Å². The number of rotatable bonds is 4. The highest BCUT2D eigenvalue weighted by Crippen LogP contribution is 2.32. The molecule has 2 N–H and O–H groups in total. The molecule has 2 atom stereocenters. The van der Waals surface area contributed by atoms with Crippen molar-refractivity contribution in [2.45, 2.75) is 25.7 Å². The van der Waals surface area contributed by atoms with Crippen LogP contribution in [0, 0.1) is 11.8 Å². The Hall–Kier alpha value is -3.01. The normalized spacial score (nSPS) is 19.9. The molecule has 0 unspecified atom stereocenters. The predicted octanol–water partition coefficient (Wildman–Crippen LogP) is 1.66. The highest BCUT2D eigenvalue weighted by atomic mass is 32.1. The van der Waals surface area contributed by atoms with Gasteiger partial charge in [0, 0.05) is 12.3 Å². The number of carbonyl (C=O) groups is 1. The van der Waals surface area contributed by atoms with Crippen LogP contribution in [0.3, 0.4) is 0 Å². The van der Waals surface area contributed by atoms with Crippen molar-refractivity contribution in [3.63, 3.8) is 0 Å². The molecule has 3 aromatic heterocycles. The SMILES string of the molecule is NC(=O)[C@H]1CC[C@@H](Cc2ncc3nnn(-c4ccc5nsnc5c4)c3n2)C1. The molecule has 0 radical (unpaired) electrons. The van der Waals surface area contributed by atoms with E-state index in [2.05, 4.69) is 29.0 Å². The van der Waals surface area contributed by atoms with Gasteiger partial charge in [0.25, 0.3) is 0 Å². The molecule has 5 rings (SSSR count). The Morgan fingerprint density at radius 3 is 2.96 bits per heavy atom. The molecular weight excluding hydrogens is 364 g/mol. The molecule has 0 spiro atoms. The van der Waals surface area contributed by atoms with E-state index in [9.17, 15) is 4.79 Å². The minimum Gasteiger partial charge on any atom is -0.369 e. The number of fused-ring (bicyclic) bond motifs is 2. The molecule has 4 aromatic rings. The Morgan fingerprint density at radius 2 is 2.11 bits per heavy atom. The summed E-state index contributed by atoms with van der Waals surface area (Å²) in [7, 11) is 0. The number of carbonyl (C=O) groups excluding carboxylic acids is 1. The molecule has 10 heteroatoms. The maximum Gasteiger partial charge on any atom is 0.220 e. The van der Waals surface area contributed by atoms with Gasteiger partial charge in [0.1, 0.15) is 16.9 Å². The third kappa shape index (κ3) is 2.91. The van der Waals surface area contributed by atoms with Gasteiger partial charge in [-0.25, -0.2) is 9.97 Å². The Morgan fingerprint density at radius 1 is 1.22 bits per heavy atom. The minimum atomic E-state index is -0.205. The van der Waals surface area contributed by atoms with Crippen molar-refractivity contribution in [3.8, 4) is 5.69 Å². The number of primary amides is 1. The summed E-state index contributed by atoms with van der Waals surface area (Å²) in [6.07, 6.45) is 5.05. The lowest BCUT2D eigenvalue weighted by Crippen LogP contribution is -2.21. The van der Waals surface area contributed by atoms with Gasteiger partial charge in [-0.1, -0.05) is 5.21 Å². The zero-order valence-corrected chi connectivity index (χ0v) is 15.1. The summed E-state index contributed by atoms with van der Waals surface area (Å²) in [5.74, 6) is 0.881. The summed E-state index contributed by atoms with van der Waals surface area (Å²) in [6, 6.07) is 5.75. The van der Waals surface area contributed by atoms with Gasteiger partial charge < -0.3 is 5.73 Å². The van der Waals surface area contributed by atoms with Crippen molar-refractivity contribution in [2.24, 2.45) is 17.6 Å². The van der Waals surface area contributed by atoms with Crippen LogP contribution in [0.25, 0.3) is 27.9 Å². The Balaban J connectivity index is 1.46. The molecule has 1 fully saturated rings. The molecule has 3 heterocycles. The number of benzene rings is 1. The van der Waals surface area contributed by atoms with Crippen molar-refractivity contribution >= 4 is 39.8 Å². The molecule has 1 amide bonds. The van der Waals surface area contributed by atoms with Gasteiger partial charge in [0.2, 0.25) is 5.91 Å². The summed E-state index contributed by atoms with van der Waals surface area (Å²) in [4.78, 5) is 20.5. The van der Waals surface area contributed by atoms with Gasteiger partial charge in [-0.15, -0.1) is 5.10 Å². The summed E-state index contributed by atoms with van der Waals surface area (Å²) >= 11 is 1.18. The lowest BCUT2D eigenvalue weighted by Gasteiger charge is -2.08. The second kappa shape index (κ2) is 6.31. The van der Waals surface area contributed by atoms with E-state index in [1.807, 2.05) is 18.2 Å². The summed E-state index contributed by atoms with van der Waals surface area (Å²) in [5.41, 5.74) is 9.23. The molecule has 0 saturated heterocycles. The molecule has 1 aliphatic rings. The Kier molecular flexibility index (Phi) is 3.78. The van der Waals surface area contributed by atoms with Crippen LogP contribution in [0.5, 0.6) is 0 Å². The topological polar surface area (TPSA) is 125 Å². The maximum atomic E-state index is 11.4. The molecule has 0 aliphatic heterocycles. The number of hydrogen-bond acceptors (Lipinski definition) is 8. The van der Waals surface area contributed by atoms with E-state index in [-0.39, 0.29) is 11.8 Å². The fraction of sp³-hybridized carbons (Fsp3) is 0.353. The summed E-state index contributed by atoms with van der Waals surface area (Å²) in [6.45, 7) is 0. The van der Waals surface area contributed by atoms with Crippen LogP contribution in [0.2, 0.25) is 0 Å². The van der Waals surface area contributed by atoms with Crippen molar-refractivity contribution in [2.75, 3.05) is 0 Å². The molecule has 136 valence electrons. The van der Waals surface area contributed by atoms with Crippen molar-refractivity contribution in [1.29, 1.82) is 0 Å². The summed E-state index contributed by atoms with van der Waals surface area (Å²) in [5, 5.41) is 8.39. The number of aromatic nitrogens is 7. The van der Waals surface area contributed by atoms with Crippen LogP contribution in [0.4, 0.5) is 0 Å². The molecule has 27 heavy (non-hydrogen) atoms. The minimum absolute atomic E-state index is 0.0237. The van der Waals surface area contributed by atoms with Crippen LogP contribution >= 0.6 is 11.7 Å². The van der Waals surface area contributed by atoms with Crippen molar-refractivity contribution in [1.82, 2.24) is 33.7 Å². The van der Waals surface area contributed by atoms with E-state index in [1.165, 1.54) is 11.7 Å². The first-order valence-electron chi connectivity index (χ1n) is 8.77. The zero-order chi connectivity index (χ0) is 18.4. The number of hydrogen-bond donors (Lipinski definition) is 1. The van der Waals surface area contributed by atoms with Crippen LogP contribution in [-0.2, 0) is 11.2 Å². The first-order valence-corrected chi connectivity index (χ1v) is 9.50. The second-order valence-corrected chi connectivity index (χ2v) is 7.44. The number of nitrogens with two attached hydrogens (primary N) is 1. The monoisotopic (exact) mass is 380 g/mol. The van der Waals surface area contributed by atoms with Gasteiger partial charge in [-0.2, -0.15) is 13.4 Å². The molecule has 0 bridgehead atoms. The van der Waals surface area contributed by atoms with Crippen LogP contribution in [0.1, 0.15) is 25.1 Å². The van der Waals surface area contributed by atoms with Crippen LogP contribution in [0.15, 0.2) is 24.4 Å². The van der Waals surface area contributed by atoms with Gasteiger partial charge >= 0.3 is 0 Å². The largest absolute Gasteiger partial charge is 0.369 e. The fourth-order valence-corrected chi connectivity index (χ4v) is 4.23. The van der Waals surface area contributed by atoms with Crippen molar-refractivity contribution < 1.29 is 4.79 Å². The Labute approximate surface area is 157 Å². The molecular formula is C17H16N8OS. The van der Waals surface area contributed by atoms with Crippen LogP contribution < -0.4 is 5.73 Å². The third-order valence-corrected chi connectivity index (χ3v) is 5.70. The van der Waals surface area contributed by atoms with E-state index < -0.39 is 0 Å². The predicted molar refractivity (Wildman–Crippen MR) is 99.2 cm³/mol. The third-order valence-electron chi connectivity index (χ3n) is 5.14. The van der Waals surface area contributed by atoms with Gasteiger partial charge in [0.05, 0.1) is 23.6 Å². The highest BCUT2D eigenvalue weighted by molar-refractivity contribution is 7.00. The molecule has 1 aromatic carbocycles. The smallest absolute Gasteiger partial charge is 0.220 e. The van der Waals surface area contributed by atoms with E-state index in [0.717, 1.165) is 48.2 Å². The lowest BCUT2D eigenvalue weighted by molar-refractivity contribution is -0.121. The maximum absolute atomic E-state index is 11.4. The molecule has 1 aliphatic carbocycles. The molecule has 9 nitrogen and oxygen atoms in total. The van der Waals surface area contributed by atoms with Crippen molar-refractivity contribution in [3.05, 3.63) is 30.2 Å². The van der Waals surface area contributed by atoms with E-state index >= 15 is 0 Å². The van der Waals surface area contributed by atoms with Gasteiger partial charge in [0.15, 0.2) is 11.2 Å².